The van der Waals surface area contributed by atoms with Crippen molar-refractivity contribution in [3.05, 3.63) is 36.4 Å². The molecule has 0 N–H and O–H groups in total. The van der Waals surface area contributed by atoms with E-state index in [-0.39, 0.29) is 0 Å². The average Bonchev–Trinajstić information content (AvgIpc) is 2.38. The van der Waals surface area contributed by atoms with Gasteiger partial charge in [-0.15, -0.1) is 0 Å². The predicted molar refractivity (Wildman–Crippen MR) is 65.6 cm³/mol. The summed E-state index contributed by atoms with van der Waals surface area (Å²) in [4.78, 5) is 0. The summed E-state index contributed by atoms with van der Waals surface area (Å²) in [5.41, 5.74) is 1.12. The molecule has 2 heteroatoms. The van der Waals surface area contributed by atoms with Crippen LogP contribution in [0.15, 0.2) is 30.8 Å². The lowest BCUT2D eigenvalue weighted by atomic mass is 10.0. The summed E-state index contributed by atoms with van der Waals surface area (Å²) in [7, 11) is 0. The predicted octanol–water partition coefficient (Wildman–Crippen LogP) is 3.14. The number of ether oxygens (including phenoxy) is 2. The Hall–Kier alpha value is -1.28. The van der Waals surface area contributed by atoms with Gasteiger partial charge in [-0.1, -0.05) is 24.8 Å². The minimum absolute atomic E-state index is 0.646. The molecule has 0 aromatic heterocycles. The van der Waals surface area contributed by atoms with Crippen LogP contribution in [0.1, 0.15) is 18.4 Å². The highest BCUT2D eigenvalue weighted by molar-refractivity contribution is 5.48. The topological polar surface area (TPSA) is 18.5 Å². The standard InChI is InChI=1S/C14H18O2/c1-2-12-3-5-14(6-4-12)16-11-13-7-9-15-10-8-13/h2-6,13H,1,7-11H2. The first kappa shape index (κ1) is 11.2. The third-order valence-electron chi connectivity index (χ3n) is 2.94. The molecule has 0 atom stereocenters. The van der Waals surface area contributed by atoms with Crippen LogP contribution < -0.4 is 4.74 Å². The average molecular weight is 218 g/mol. The van der Waals surface area contributed by atoms with E-state index < -0.39 is 0 Å². The summed E-state index contributed by atoms with van der Waals surface area (Å²) in [5.74, 6) is 1.59. The second kappa shape index (κ2) is 5.71. The van der Waals surface area contributed by atoms with Crippen LogP contribution in [0.2, 0.25) is 0 Å². The molecule has 16 heavy (non-hydrogen) atoms. The van der Waals surface area contributed by atoms with Crippen molar-refractivity contribution in [3.63, 3.8) is 0 Å². The van der Waals surface area contributed by atoms with Gasteiger partial charge in [0.2, 0.25) is 0 Å². The molecule has 0 radical (unpaired) electrons. The summed E-state index contributed by atoms with van der Waals surface area (Å²) in [6, 6.07) is 8.03. The Bertz CT molecular complexity index is 323. The van der Waals surface area contributed by atoms with E-state index in [1.54, 1.807) is 0 Å². The van der Waals surface area contributed by atoms with E-state index in [1.807, 2.05) is 30.3 Å². The second-order valence-corrected chi connectivity index (χ2v) is 4.14. The van der Waals surface area contributed by atoms with Crippen LogP contribution >= 0.6 is 0 Å². The van der Waals surface area contributed by atoms with Gasteiger partial charge in [-0.05, 0) is 36.5 Å². The van der Waals surface area contributed by atoms with Crippen molar-refractivity contribution in [3.8, 4) is 5.75 Å². The quantitative estimate of drug-likeness (QED) is 0.773. The second-order valence-electron chi connectivity index (χ2n) is 4.14. The molecule has 1 heterocycles. The highest BCUT2D eigenvalue weighted by Crippen LogP contribution is 2.18. The Balaban J connectivity index is 1.81. The number of benzene rings is 1. The molecule has 86 valence electrons. The molecule has 2 nitrogen and oxygen atoms in total. The SMILES string of the molecule is C=Cc1ccc(OCC2CCOCC2)cc1. The zero-order valence-corrected chi connectivity index (χ0v) is 9.52. The highest BCUT2D eigenvalue weighted by Gasteiger charge is 2.14. The van der Waals surface area contributed by atoms with E-state index >= 15 is 0 Å². The van der Waals surface area contributed by atoms with Crippen molar-refractivity contribution >= 4 is 6.08 Å². The molecular weight excluding hydrogens is 200 g/mol. The van der Waals surface area contributed by atoms with Crippen molar-refractivity contribution in [2.75, 3.05) is 19.8 Å². The Morgan fingerprint density at radius 2 is 1.94 bits per heavy atom. The maximum Gasteiger partial charge on any atom is 0.119 e. The molecule has 0 bridgehead atoms. The Kier molecular flexibility index (Phi) is 4.00. The van der Waals surface area contributed by atoms with Crippen molar-refractivity contribution in [2.24, 2.45) is 5.92 Å². The van der Waals surface area contributed by atoms with Gasteiger partial charge in [0.1, 0.15) is 5.75 Å². The van der Waals surface area contributed by atoms with Crippen LogP contribution in [-0.4, -0.2) is 19.8 Å². The van der Waals surface area contributed by atoms with Gasteiger partial charge < -0.3 is 9.47 Å². The van der Waals surface area contributed by atoms with Crippen molar-refractivity contribution in [2.45, 2.75) is 12.8 Å². The third kappa shape index (κ3) is 3.11. The largest absolute Gasteiger partial charge is 0.493 e. The van der Waals surface area contributed by atoms with E-state index in [2.05, 4.69) is 6.58 Å². The van der Waals surface area contributed by atoms with Gasteiger partial charge in [0, 0.05) is 13.2 Å². The summed E-state index contributed by atoms with van der Waals surface area (Å²) in [6.07, 6.45) is 4.07. The van der Waals surface area contributed by atoms with E-state index in [0.717, 1.165) is 44.0 Å². The maximum atomic E-state index is 5.76. The van der Waals surface area contributed by atoms with Crippen LogP contribution in [0.25, 0.3) is 6.08 Å². The first-order valence-electron chi connectivity index (χ1n) is 5.81. The molecule has 1 fully saturated rings. The lowest BCUT2D eigenvalue weighted by molar-refractivity contribution is 0.0497. The van der Waals surface area contributed by atoms with Gasteiger partial charge in [-0.3, -0.25) is 0 Å². The molecule has 1 saturated heterocycles. The van der Waals surface area contributed by atoms with Crippen molar-refractivity contribution in [1.82, 2.24) is 0 Å². The highest BCUT2D eigenvalue weighted by atomic mass is 16.5. The Morgan fingerprint density at radius 3 is 2.56 bits per heavy atom. The van der Waals surface area contributed by atoms with Crippen LogP contribution in [0.4, 0.5) is 0 Å². The maximum absolute atomic E-state index is 5.76. The van der Waals surface area contributed by atoms with Gasteiger partial charge in [0.25, 0.3) is 0 Å². The van der Waals surface area contributed by atoms with Gasteiger partial charge in [0.05, 0.1) is 6.61 Å². The zero-order chi connectivity index (χ0) is 11.2. The number of hydrogen-bond acceptors (Lipinski definition) is 2. The molecule has 0 saturated carbocycles. The first-order chi connectivity index (χ1) is 7.88. The van der Waals surface area contributed by atoms with Crippen LogP contribution in [0.3, 0.4) is 0 Å². The van der Waals surface area contributed by atoms with Crippen molar-refractivity contribution in [1.29, 1.82) is 0 Å². The summed E-state index contributed by atoms with van der Waals surface area (Å²) in [5, 5.41) is 0. The Labute approximate surface area is 96.9 Å². The normalized spacial score (nSPS) is 17.0. The summed E-state index contributed by atoms with van der Waals surface area (Å²) < 4.78 is 11.1. The van der Waals surface area contributed by atoms with E-state index in [1.165, 1.54) is 0 Å². The molecule has 0 amide bonds. The molecule has 1 aliphatic rings. The fourth-order valence-electron chi connectivity index (χ4n) is 1.83. The molecule has 0 aliphatic carbocycles. The lowest BCUT2D eigenvalue weighted by Crippen LogP contribution is -2.21. The van der Waals surface area contributed by atoms with Gasteiger partial charge in [-0.2, -0.15) is 0 Å². The fourth-order valence-corrected chi connectivity index (χ4v) is 1.83. The molecule has 1 aromatic rings. The van der Waals surface area contributed by atoms with Gasteiger partial charge in [-0.25, -0.2) is 0 Å². The molecule has 2 rings (SSSR count). The monoisotopic (exact) mass is 218 g/mol. The van der Waals surface area contributed by atoms with Gasteiger partial charge >= 0.3 is 0 Å². The number of rotatable bonds is 4. The molecule has 1 aromatic carbocycles. The summed E-state index contributed by atoms with van der Waals surface area (Å²) in [6.45, 7) is 6.28. The van der Waals surface area contributed by atoms with E-state index in [4.69, 9.17) is 9.47 Å². The zero-order valence-electron chi connectivity index (χ0n) is 9.52. The molecule has 0 spiro atoms. The fraction of sp³-hybridized carbons (Fsp3) is 0.429. The van der Waals surface area contributed by atoms with Crippen LogP contribution in [-0.2, 0) is 4.74 Å². The Morgan fingerprint density at radius 1 is 1.25 bits per heavy atom. The van der Waals surface area contributed by atoms with E-state index in [9.17, 15) is 0 Å². The molecule has 0 unspecified atom stereocenters. The molecule has 1 aliphatic heterocycles. The minimum Gasteiger partial charge on any atom is -0.493 e. The van der Waals surface area contributed by atoms with E-state index in [0.29, 0.717) is 5.92 Å². The molecular formula is C14H18O2. The minimum atomic E-state index is 0.646. The summed E-state index contributed by atoms with van der Waals surface area (Å²) >= 11 is 0. The lowest BCUT2D eigenvalue weighted by Gasteiger charge is -2.22. The van der Waals surface area contributed by atoms with Crippen molar-refractivity contribution < 1.29 is 9.47 Å². The van der Waals surface area contributed by atoms with Crippen LogP contribution in [0, 0.1) is 5.92 Å². The van der Waals surface area contributed by atoms with Gasteiger partial charge in [0.15, 0.2) is 0 Å². The third-order valence-corrected chi connectivity index (χ3v) is 2.94. The first-order valence-corrected chi connectivity index (χ1v) is 5.81. The smallest absolute Gasteiger partial charge is 0.119 e. The van der Waals surface area contributed by atoms with Crippen LogP contribution in [0.5, 0.6) is 5.75 Å². The number of hydrogen-bond donors (Lipinski definition) is 0.